The Balaban J connectivity index is 2.50. The minimum absolute atomic E-state index is 0.204. The molecule has 0 saturated heterocycles. The van der Waals surface area contributed by atoms with E-state index >= 15 is 0 Å². The number of nitrogens with one attached hydrogen (secondary N) is 2. The lowest BCUT2D eigenvalue weighted by Gasteiger charge is -2.11. The summed E-state index contributed by atoms with van der Waals surface area (Å²) >= 11 is 0. The average molecular weight is 314 g/mol. The van der Waals surface area contributed by atoms with E-state index in [1.54, 1.807) is 19.2 Å². The van der Waals surface area contributed by atoms with Crippen molar-refractivity contribution in [2.24, 2.45) is 0 Å². The fourth-order valence-electron chi connectivity index (χ4n) is 1.94. The molecule has 5 nitrogen and oxygen atoms in total. The molecule has 0 saturated carbocycles. The van der Waals surface area contributed by atoms with Crippen LogP contribution >= 0.6 is 0 Å². The minimum atomic E-state index is -3.40. The summed E-state index contributed by atoms with van der Waals surface area (Å²) < 4.78 is 31.8. The van der Waals surface area contributed by atoms with E-state index in [1.807, 2.05) is 26.1 Å². The van der Waals surface area contributed by atoms with Crippen molar-refractivity contribution in [1.82, 2.24) is 10.0 Å². The number of unbranched alkanes of at least 4 members (excludes halogenated alkanes) is 2. The standard InChI is InChI=1S/C15H26N2O3S/c1-13(16-2)14-7-9-15(10-8-14)21(18,19)17-11-5-4-6-12-20-3/h7-10,13,16-17H,4-6,11-12H2,1-3H3. The topological polar surface area (TPSA) is 67.4 Å². The predicted octanol–water partition coefficient (Wildman–Crippen LogP) is 2.06. The first-order chi connectivity index (χ1) is 10.0. The van der Waals surface area contributed by atoms with Gasteiger partial charge in [-0.25, -0.2) is 13.1 Å². The maximum atomic E-state index is 12.1. The van der Waals surface area contributed by atoms with Crippen LogP contribution in [0.4, 0.5) is 0 Å². The molecule has 120 valence electrons. The number of hydrogen-bond donors (Lipinski definition) is 2. The van der Waals surface area contributed by atoms with Gasteiger partial charge in [-0.05, 0) is 50.9 Å². The number of sulfonamides is 1. The minimum Gasteiger partial charge on any atom is -0.385 e. The summed E-state index contributed by atoms with van der Waals surface area (Å²) in [5.74, 6) is 0. The van der Waals surface area contributed by atoms with Crippen LogP contribution in [-0.4, -0.2) is 35.7 Å². The zero-order valence-corrected chi connectivity index (χ0v) is 13.9. The summed E-state index contributed by atoms with van der Waals surface area (Å²) in [5, 5.41) is 3.12. The lowest BCUT2D eigenvalue weighted by atomic mass is 10.1. The Bertz CT molecular complexity index is 500. The molecule has 2 N–H and O–H groups in total. The first-order valence-electron chi connectivity index (χ1n) is 7.27. The maximum Gasteiger partial charge on any atom is 0.240 e. The van der Waals surface area contributed by atoms with Gasteiger partial charge in [0.05, 0.1) is 4.90 Å². The second kappa shape index (κ2) is 9.15. The molecule has 0 bridgehead atoms. The van der Waals surface area contributed by atoms with Gasteiger partial charge in [-0.1, -0.05) is 12.1 Å². The SMILES string of the molecule is CNC(C)c1ccc(S(=O)(=O)NCCCCCOC)cc1. The third-order valence-corrected chi connectivity index (χ3v) is 4.92. The summed E-state index contributed by atoms with van der Waals surface area (Å²) in [6.45, 7) is 3.21. The molecule has 0 fully saturated rings. The molecule has 0 aliphatic rings. The molecule has 0 aliphatic heterocycles. The van der Waals surface area contributed by atoms with E-state index in [1.165, 1.54) is 0 Å². The molecular formula is C15H26N2O3S. The van der Waals surface area contributed by atoms with E-state index in [2.05, 4.69) is 10.0 Å². The lowest BCUT2D eigenvalue weighted by molar-refractivity contribution is 0.192. The lowest BCUT2D eigenvalue weighted by Crippen LogP contribution is -2.25. The van der Waals surface area contributed by atoms with Gasteiger partial charge < -0.3 is 10.1 Å². The predicted molar refractivity (Wildman–Crippen MR) is 84.8 cm³/mol. The van der Waals surface area contributed by atoms with Crippen LogP contribution in [0.5, 0.6) is 0 Å². The van der Waals surface area contributed by atoms with Crippen molar-refractivity contribution in [3.63, 3.8) is 0 Å². The van der Waals surface area contributed by atoms with Crippen molar-refractivity contribution in [2.75, 3.05) is 27.3 Å². The molecule has 1 unspecified atom stereocenters. The van der Waals surface area contributed by atoms with Gasteiger partial charge in [0.25, 0.3) is 0 Å². The second-order valence-corrected chi connectivity index (χ2v) is 6.80. The van der Waals surface area contributed by atoms with Crippen LogP contribution < -0.4 is 10.0 Å². The van der Waals surface area contributed by atoms with Gasteiger partial charge in [0.2, 0.25) is 10.0 Å². The van der Waals surface area contributed by atoms with Gasteiger partial charge in [0, 0.05) is 26.3 Å². The van der Waals surface area contributed by atoms with Gasteiger partial charge in [-0.15, -0.1) is 0 Å². The van der Waals surface area contributed by atoms with Crippen LogP contribution in [0.25, 0.3) is 0 Å². The quantitative estimate of drug-likeness (QED) is 0.649. The van der Waals surface area contributed by atoms with Crippen molar-refractivity contribution in [1.29, 1.82) is 0 Å². The Kier molecular flexibility index (Phi) is 7.88. The number of methoxy groups -OCH3 is 1. The summed E-state index contributed by atoms with van der Waals surface area (Å²) in [4.78, 5) is 0.312. The van der Waals surface area contributed by atoms with Crippen LogP contribution in [0.15, 0.2) is 29.2 Å². The number of ether oxygens (including phenoxy) is 1. The van der Waals surface area contributed by atoms with Crippen molar-refractivity contribution < 1.29 is 13.2 Å². The zero-order valence-electron chi connectivity index (χ0n) is 13.1. The average Bonchev–Trinajstić information content (AvgIpc) is 2.50. The molecule has 0 heterocycles. The van der Waals surface area contributed by atoms with Crippen molar-refractivity contribution in [3.05, 3.63) is 29.8 Å². The molecular weight excluding hydrogens is 288 g/mol. The van der Waals surface area contributed by atoms with Crippen molar-refractivity contribution in [2.45, 2.75) is 37.1 Å². The monoisotopic (exact) mass is 314 g/mol. The van der Waals surface area contributed by atoms with Crippen LogP contribution in [0.1, 0.15) is 37.8 Å². The third kappa shape index (κ3) is 6.13. The molecule has 21 heavy (non-hydrogen) atoms. The molecule has 1 atom stereocenters. The molecule has 1 aromatic carbocycles. The number of benzene rings is 1. The molecule has 0 aliphatic carbocycles. The van der Waals surface area contributed by atoms with Gasteiger partial charge in [0.1, 0.15) is 0 Å². The number of rotatable bonds is 10. The van der Waals surface area contributed by atoms with Crippen LogP contribution in [0.3, 0.4) is 0 Å². The summed E-state index contributed by atoms with van der Waals surface area (Å²) in [6.07, 6.45) is 2.72. The Hall–Kier alpha value is -0.950. The van der Waals surface area contributed by atoms with E-state index < -0.39 is 10.0 Å². The summed E-state index contributed by atoms with van der Waals surface area (Å²) in [6, 6.07) is 7.19. The van der Waals surface area contributed by atoms with Gasteiger partial charge in [-0.2, -0.15) is 0 Å². The molecule has 0 radical (unpaired) electrons. The normalized spacial score (nSPS) is 13.3. The Morgan fingerprint density at radius 2 is 1.81 bits per heavy atom. The smallest absolute Gasteiger partial charge is 0.240 e. The second-order valence-electron chi connectivity index (χ2n) is 5.03. The Morgan fingerprint density at radius 1 is 1.14 bits per heavy atom. The highest BCUT2D eigenvalue weighted by molar-refractivity contribution is 7.89. The summed E-state index contributed by atoms with van der Waals surface area (Å²) in [7, 11) is 0.140. The first-order valence-corrected chi connectivity index (χ1v) is 8.75. The van der Waals surface area contributed by atoms with Gasteiger partial charge >= 0.3 is 0 Å². The van der Waals surface area contributed by atoms with E-state index in [-0.39, 0.29) is 6.04 Å². The highest BCUT2D eigenvalue weighted by Crippen LogP contribution is 2.15. The third-order valence-electron chi connectivity index (χ3n) is 3.44. The maximum absolute atomic E-state index is 12.1. The van der Waals surface area contributed by atoms with Crippen LogP contribution in [0.2, 0.25) is 0 Å². The Labute approximate surface area is 128 Å². The van der Waals surface area contributed by atoms with Crippen LogP contribution in [0, 0.1) is 0 Å². The van der Waals surface area contributed by atoms with E-state index in [0.717, 1.165) is 31.4 Å². The fraction of sp³-hybridized carbons (Fsp3) is 0.600. The zero-order chi connectivity index (χ0) is 15.7. The van der Waals surface area contributed by atoms with E-state index in [9.17, 15) is 8.42 Å². The van der Waals surface area contributed by atoms with Gasteiger partial charge in [0.15, 0.2) is 0 Å². The van der Waals surface area contributed by atoms with Crippen molar-refractivity contribution in [3.8, 4) is 0 Å². The largest absolute Gasteiger partial charge is 0.385 e. The van der Waals surface area contributed by atoms with Crippen molar-refractivity contribution >= 4 is 10.0 Å². The molecule has 1 rings (SSSR count). The summed E-state index contributed by atoms with van der Waals surface area (Å²) in [5.41, 5.74) is 1.07. The fourth-order valence-corrected chi connectivity index (χ4v) is 3.01. The Morgan fingerprint density at radius 3 is 2.38 bits per heavy atom. The molecule has 0 aromatic heterocycles. The number of hydrogen-bond acceptors (Lipinski definition) is 4. The molecule has 0 spiro atoms. The molecule has 1 aromatic rings. The molecule has 6 heteroatoms. The highest BCUT2D eigenvalue weighted by atomic mass is 32.2. The van der Waals surface area contributed by atoms with E-state index in [4.69, 9.17) is 4.74 Å². The van der Waals surface area contributed by atoms with E-state index in [0.29, 0.717) is 11.4 Å². The highest BCUT2D eigenvalue weighted by Gasteiger charge is 2.13. The van der Waals surface area contributed by atoms with Crippen LogP contribution in [-0.2, 0) is 14.8 Å². The van der Waals surface area contributed by atoms with Gasteiger partial charge in [-0.3, -0.25) is 0 Å². The molecule has 0 amide bonds. The first kappa shape index (κ1) is 18.1.